The number of nitriles is 2. The van der Waals surface area contributed by atoms with Gasteiger partial charge in [0.1, 0.15) is 6.07 Å². The van der Waals surface area contributed by atoms with Gasteiger partial charge in [-0.25, -0.2) is 0 Å². The fourth-order valence-corrected chi connectivity index (χ4v) is 12.1. The van der Waals surface area contributed by atoms with E-state index in [9.17, 15) is 89.6 Å². The smallest absolute Gasteiger partial charge is 0.309 e. The Kier molecular flexibility index (Phi) is 15.3. The largest absolute Gasteiger partial charge is 0.417 e. The molecule has 12 rings (SSSR count). The van der Waals surface area contributed by atoms with Crippen molar-refractivity contribution < 1.29 is 92.2 Å². The Morgan fingerprint density at radius 3 is 0.885 bits per heavy atom. The molecule has 0 aliphatic heterocycles. The van der Waals surface area contributed by atoms with Gasteiger partial charge in [0.05, 0.1) is 89.6 Å². The number of fused-ring (bicyclic) bond motifs is 6. The highest BCUT2D eigenvalue weighted by molar-refractivity contribution is 6.13. The number of rotatable bonds is 7. The second kappa shape index (κ2) is 22.5. The third-order valence-electron chi connectivity index (χ3n) is 16.3. The zero-order chi connectivity index (χ0) is 69.5. The van der Waals surface area contributed by atoms with E-state index < -0.39 is 127 Å². The highest BCUT2D eigenvalue weighted by Crippen LogP contribution is 2.49. The molecule has 4 nitrogen and oxygen atoms in total. The molecule has 0 amide bonds. The molecule has 0 aliphatic rings. The van der Waals surface area contributed by atoms with Crippen LogP contribution in [0.2, 0.25) is 0 Å². The van der Waals surface area contributed by atoms with Crippen molar-refractivity contribution in [2.75, 3.05) is 0 Å². The molecule has 0 fully saturated rings. The molecule has 0 N–H and O–H groups in total. The summed E-state index contributed by atoms with van der Waals surface area (Å²) in [6.45, 7) is 2.70. The monoisotopic (exact) mass is 1340 g/mol. The second-order valence-corrected chi connectivity index (χ2v) is 22.7. The Bertz CT molecular complexity index is 5240. The summed E-state index contributed by atoms with van der Waals surface area (Å²) in [7, 11) is 0. The van der Waals surface area contributed by atoms with Crippen LogP contribution in [-0.2, 0) is 43.2 Å². The van der Waals surface area contributed by atoms with Crippen molar-refractivity contribution in [2.24, 2.45) is 0 Å². The molecule has 2 aromatic heterocycles. The molecular weight excluding hydrogens is 1310 g/mol. The molecule has 96 heavy (non-hydrogen) atoms. The van der Waals surface area contributed by atoms with Crippen LogP contribution < -0.4 is 0 Å². The van der Waals surface area contributed by atoms with Crippen molar-refractivity contribution in [3.05, 3.63) is 237 Å². The molecular formula is C71H35F21N4. The van der Waals surface area contributed by atoms with Gasteiger partial charge in [0, 0.05) is 27.1 Å². The number of halogens is 21. The normalized spacial score (nSPS) is 12.9. The van der Waals surface area contributed by atoms with Gasteiger partial charge in [-0.15, -0.1) is 0 Å². The standard InChI is InChI=1S/C71H35F21N4/c1-34-13-41(18-46(15-34)65(72,73)74)37-4-9-53-54-11-6-39(43-20-48(67(78,79)80)29-49(21-43)68(81,82)83)26-61(54)95(60(53)24-37)59-31-57(52-8-3-36(32-93)17-58(52)71(90,91)92)64(28-45(59)33-94)96-62-25-38(42-14-35(2)16-47(19-42)66(75,76)77)5-10-55(62)56-12-7-40(27-63(56)96)44-22-50(69(84,85)86)30-51(23-44)70(87,88)89/h3-31H,1-2H3. The summed E-state index contributed by atoms with van der Waals surface area (Å²) in [6, 6.07) is 30.2. The van der Waals surface area contributed by atoms with Crippen LogP contribution in [0.3, 0.4) is 0 Å². The SMILES string of the molecule is Cc1cc(-c2ccc3c4ccc(-c5cc(C(F)(F)F)cc(C(F)(F)F)c5)cc4n(-c4cc(-c5ccc(C#N)cc5C(F)(F)F)c(-n5c6cc(-c7cc(C)cc(C(F)(F)F)c7)ccc6c6ccc(-c7cc(C(F)(F)F)cc(C(F)(F)F)c7)cc65)cc4C#N)c3c2)cc(C(F)(F)F)c1. The Morgan fingerprint density at radius 2 is 0.583 bits per heavy atom. The number of aryl methyl sites for hydroxylation is 2. The minimum absolute atomic E-state index is 0.00214. The van der Waals surface area contributed by atoms with Crippen LogP contribution in [0.5, 0.6) is 0 Å². The highest BCUT2D eigenvalue weighted by Gasteiger charge is 2.41. The van der Waals surface area contributed by atoms with Crippen molar-refractivity contribution in [1.29, 1.82) is 10.5 Å². The first-order valence-electron chi connectivity index (χ1n) is 28.0. The molecule has 0 unspecified atom stereocenters. The van der Waals surface area contributed by atoms with Crippen LogP contribution in [0, 0.1) is 36.5 Å². The number of aromatic nitrogens is 2. The molecule has 10 aromatic carbocycles. The average molecular weight is 1340 g/mol. The summed E-state index contributed by atoms with van der Waals surface area (Å²) in [4.78, 5) is 0. The lowest BCUT2D eigenvalue weighted by atomic mass is 9.93. The lowest BCUT2D eigenvalue weighted by Gasteiger charge is -2.22. The average Bonchev–Trinajstić information content (AvgIpc) is 1.54. The quantitative estimate of drug-likeness (QED) is 0.149. The molecule has 0 radical (unpaired) electrons. The Labute approximate surface area is 527 Å². The summed E-state index contributed by atoms with van der Waals surface area (Å²) in [5, 5.41) is 21.9. The number of benzene rings is 10. The molecule has 12 aromatic rings. The first kappa shape index (κ1) is 65.4. The van der Waals surface area contributed by atoms with Gasteiger partial charge in [0.2, 0.25) is 0 Å². The molecule has 0 bridgehead atoms. The maximum Gasteiger partial charge on any atom is 0.417 e. The van der Waals surface area contributed by atoms with Gasteiger partial charge in [-0.2, -0.15) is 103 Å². The topological polar surface area (TPSA) is 57.4 Å². The maximum atomic E-state index is 16.0. The molecule has 0 saturated heterocycles. The lowest BCUT2D eigenvalue weighted by Crippen LogP contribution is -2.11. The van der Waals surface area contributed by atoms with E-state index in [1.54, 1.807) is 6.07 Å². The number of hydrogen-bond donors (Lipinski definition) is 0. The third-order valence-corrected chi connectivity index (χ3v) is 16.3. The number of hydrogen-bond acceptors (Lipinski definition) is 2. The molecule has 25 heteroatoms. The van der Waals surface area contributed by atoms with Gasteiger partial charge in [0.25, 0.3) is 0 Å². The van der Waals surface area contributed by atoms with E-state index in [1.807, 2.05) is 6.07 Å². The zero-order valence-corrected chi connectivity index (χ0v) is 48.5. The zero-order valence-electron chi connectivity index (χ0n) is 48.5. The van der Waals surface area contributed by atoms with Crippen molar-refractivity contribution in [2.45, 2.75) is 57.1 Å². The van der Waals surface area contributed by atoms with Gasteiger partial charge in [-0.3, -0.25) is 0 Å². The highest BCUT2D eigenvalue weighted by atomic mass is 19.4. The summed E-state index contributed by atoms with van der Waals surface area (Å²) in [6.07, 6.45) is -36.7. The van der Waals surface area contributed by atoms with Gasteiger partial charge >= 0.3 is 43.2 Å². The van der Waals surface area contributed by atoms with Crippen LogP contribution in [-0.4, -0.2) is 9.13 Å². The van der Waals surface area contributed by atoms with Gasteiger partial charge in [-0.1, -0.05) is 66.7 Å². The summed E-state index contributed by atoms with van der Waals surface area (Å²) >= 11 is 0. The second-order valence-electron chi connectivity index (χ2n) is 22.7. The van der Waals surface area contributed by atoms with E-state index in [2.05, 4.69) is 0 Å². The summed E-state index contributed by atoms with van der Waals surface area (Å²) < 4.78 is 310. The molecule has 0 atom stereocenters. The van der Waals surface area contributed by atoms with Crippen LogP contribution in [0.1, 0.15) is 61.2 Å². The van der Waals surface area contributed by atoms with Gasteiger partial charge in [0.15, 0.2) is 0 Å². The Morgan fingerprint density at radius 1 is 0.271 bits per heavy atom. The van der Waals surface area contributed by atoms with Crippen LogP contribution in [0.25, 0.3) is 111 Å². The first-order valence-corrected chi connectivity index (χ1v) is 28.0. The molecule has 0 aliphatic carbocycles. The Hall–Kier alpha value is -10.7. The van der Waals surface area contributed by atoms with Crippen molar-refractivity contribution in [1.82, 2.24) is 9.13 Å². The first-order chi connectivity index (χ1) is 44.7. The van der Waals surface area contributed by atoms with E-state index in [4.69, 9.17) is 0 Å². The predicted molar refractivity (Wildman–Crippen MR) is 316 cm³/mol. The van der Waals surface area contributed by atoms with Crippen molar-refractivity contribution in [3.63, 3.8) is 0 Å². The van der Waals surface area contributed by atoms with Gasteiger partial charge in [-0.05, 0) is 184 Å². The van der Waals surface area contributed by atoms with E-state index in [-0.39, 0.29) is 100 Å². The van der Waals surface area contributed by atoms with Crippen LogP contribution in [0.4, 0.5) is 92.2 Å². The molecule has 2 heterocycles. The Balaban J connectivity index is 1.25. The summed E-state index contributed by atoms with van der Waals surface area (Å²) in [5.41, 5.74) is -16.9. The van der Waals surface area contributed by atoms with E-state index in [1.165, 1.54) is 79.1 Å². The maximum absolute atomic E-state index is 16.0. The molecule has 0 saturated carbocycles. The van der Waals surface area contributed by atoms with E-state index in [0.29, 0.717) is 30.3 Å². The van der Waals surface area contributed by atoms with Crippen LogP contribution in [0.15, 0.2) is 176 Å². The fraction of sp³-hybridized carbons (Fsp3) is 0.127. The third kappa shape index (κ3) is 12.1. The summed E-state index contributed by atoms with van der Waals surface area (Å²) in [5.74, 6) is 0. The fourth-order valence-electron chi connectivity index (χ4n) is 12.1. The lowest BCUT2D eigenvalue weighted by molar-refractivity contribution is -0.144. The molecule has 0 spiro atoms. The van der Waals surface area contributed by atoms with E-state index >= 15 is 13.2 Å². The number of alkyl halides is 21. The minimum Gasteiger partial charge on any atom is -0.309 e. The number of nitrogens with zero attached hydrogens (tertiary/aromatic N) is 4. The molecule has 486 valence electrons. The van der Waals surface area contributed by atoms with E-state index in [0.717, 1.165) is 77.4 Å². The van der Waals surface area contributed by atoms with Crippen LogP contribution >= 0.6 is 0 Å². The van der Waals surface area contributed by atoms with Crippen molar-refractivity contribution >= 4 is 43.6 Å². The predicted octanol–water partition coefficient (Wildman–Crippen LogP) is 23.7. The van der Waals surface area contributed by atoms with Gasteiger partial charge < -0.3 is 9.13 Å². The minimum atomic E-state index is -5.42. The van der Waals surface area contributed by atoms with Crippen molar-refractivity contribution in [3.8, 4) is 79.1 Å².